The molecule has 0 saturated heterocycles. The highest BCUT2D eigenvalue weighted by Gasteiger charge is 2.19. The van der Waals surface area contributed by atoms with Gasteiger partial charge in [0.25, 0.3) is 0 Å². The Balaban J connectivity index is 2.32. The Kier molecular flexibility index (Phi) is 3.21. The van der Waals surface area contributed by atoms with Gasteiger partial charge in [-0.05, 0) is 35.6 Å². The predicted molar refractivity (Wildman–Crippen MR) is 60.3 cm³/mol. The summed E-state index contributed by atoms with van der Waals surface area (Å²) in [6, 6.07) is 6.40. The second kappa shape index (κ2) is 4.43. The molecule has 2 rings (SSSR count). The zero-order chi connectivity index (χ0) is 9.97. The van der Waals surface area contributed by atoms with Crippen molar-refractivity contribution < 1.29 is 5.11 Å². The third-order valence-electron chi connectivity index (χ3n) is 2.73. The van der Waals surface area contributed by atoms with Gasteiger partial charge in [-0.1, -0.05) is 22.0 Å². The summed E-state index contributed by atoms with van der Waals surface area (Å²) in [7, 11) is 0. The van der Waals surface area contributed by atoms with Crippen LogP contribution in [0.1, 0.15) is 23.5 Å². The van der Waals surface area contributed by atoms with Crippen molar-refractivity contribution in [3.05, 3.63) is 33.8 Å². The summed E-state index contributed by atoms with van der Waals surface area (Å²) < 4.78 is 1.13. The first-order chi connectivity index (χ1) is 6.81. The van der Waals surface area contributed by atoms with Crippen LogP contribution >= 0.6 is 15.9 Å². The summed E-state index contributed by atoms with van der Waals surface area (Å²) in [6.07, 6.45) is 0.844. The van der Waals surface area contributed by atoms with Gasteiger partial charge in [-0.2, -0.15) is 0 Å². The molecule has 1 aliphatic rings. The van der Waals surface area contributed by atoms with E-state index in [9.17, 15) is 0 Å². The van der Waals surface area contributed by atoms with Crippen molar-refractivity contribution in [1.82, 2.24) is 5.32 Å². The van der Waals surface area contributed by atoms with Crippen LogP contribution in [0.3, 0.4) is 0 Å². The number of hydrogen-bond donors (Lipinski definition) is 2. The topological polar surface area (TPSA) is 32.3 Å². The third kappa shape index (κ3) is 2.00. The number of rotatable bonds is 2. The summed E-state index contributed by atoms with van der Waals surface area (Å²) in [5, 5.41) is 12.3. The van der Waals surface area contributed by atoms with E-state index >= 15 is 0 Å². The van der Waals surface area contributed by atoms with Crippen molar-refractivity contribution in [3.8, 4) is 0 Å². The number of aliphatic hydroxyl groups is 1. The average molecular weight is 256 g/mol. The van der Waals surface area contributed by atoms with E-state index in [1.807, 2.05) is 0 Å². The highest BCUT2D eigenvalue weighted by molar-refractivity contribution is 9.10. The lowest BCUT2D eigenvalue weighted by Gasteiger charge is -2.26. The van der Waals surface area contributed by atoms with Gasteiger partial charge in [0.2, 0.25) is 0 Å². The Morgan fingerprint density at radius 2 is 2.36 bits per heavy atom. The van der Waals surface area contributed by atoms with E-state index in [1.54, 1.807) is 0 Å². The summed E-state index contributed by atoms with van der Waals surface area (Å²) in [5.74, 6) is 0.459. The van der Waals surface area contributed by atoms with E-state index in [2.05, 4.69) is 39.4 Å². The highest BCUT2D eigenvalue weighted by atomic mass is 79.9. The standard InChI is InChI=1S/C11H14BrNO/c12-10-2-1-8-6-13-7-9(3-4-14)11(8)5-10/h1-2,5,9,13-14H,3-4,6-7H2. The molecule has 1 aromatic carbocycles. The summed E-state index contributed by atoms with van der Waals surface area (Å²) >= 11 is 3.49. The lowest BCUT2D eigenvalue weighted by atomic mass is 9.89. The van der Waals surface area contributed by atoms with Crippen molar-refractivity contribution in [3.63, 3.8) is 0 Å². The average Bonchev–Trinajstić information content (AvgIpc) is 2.19. The molecule has 2 N–H and O–H groups in total. The third-order valence-corrected chi connectivity index (χ3v) is 3.22. The zero-order valence-corrected chi connectivity index (χ0v) is 9.55. The number of fused-ring (bicyclic) bond motifs is 1. The fourth-order valence-electron chi connectivity index (χ4n) is 2.01. The van der Waals surface area contributed by atoms with Gasteiger partial charge >= 0.3 is 0 Å². The van der Waals surface area contributed by atoms with Gasteiger partial charge in [0.15, 0.2) is 0 Å². The minimum atomic E-state index is 0.262. The molecular formula is C11H14BrNO. The number of halogens is 1. The van der Waals surface area contributed by atoms with Crippen LogP contribution in [0.2, 0.25) is 0 Å². The predicted octanol–water partition coefficient (Wildman–Crippen LogP) is 2.02. The first-order valence-corrected chi connectivity index (χ1v) is 5.70. The van der Waals surface area contributed by atoms with Crippen LogP contribution in [-0.2, 0) is 6.54 Å². The summed E-state index contributed by atoms with van der Waals surface area (Å²) in [4.78, 5) is 0. The second-order valence-corrected chi connectivity index (χ2v) is 4.60. The molecule has 2 nitrogen and oxygen atoms in total. The van der Waals surface area contributed by atoms with E-state index in [0.29, 0.717) is 5.92 Å². The van der Waals surface area contributed by atoms with Gasteiger partial charge in [-0.15, -0.1) is 0 Å². The first-order valence-electron chi connectivity index (χ1n) is 4.91. The van der Waals surface area contributed by atoms with Gasteiger partial charge in [0.05, 0.1) is 0 Å². The number of hydrogen-bond acceptors (Lipinski definition) is 2. The largest absolute Gasteiger partial charge is 0.396 e. The SMILES string of the molecule is OCCC1CNCc2ccc(Br)cc21. The van der Waals surface area contributed by atoms with Crippen molar-refractivity contribution in [1.29, 1.82) is 0 Å². The molecule has 1 unspecified atom stereocenters. The highest BCUT2D eigenvalue weighted by Crippen LogP contribution is 2.28. The van der Waals surface area contributed by atoms with Crippen LogP contribution in [0.25, 0.3) is 0 Å². The van der Waals surface area contributed by atoms with E-state index in [-0.39, 0.29) is 6.61 Å². The van der Waals surface area contributed by atoms with Gasteiger partial charge in [0, 0.05) is 24.2 Å². The molecular weight excluding hydrogens is 242 g/mol. The maximum absolute atomic E-state index is 8.97. The van der Waals surface area contributed by atoms with Crippen molar-refractivity contribution in [2.75, 3.05) is 13.2 Å². The van der Waals surface area contributed by atoms with Crippen molar-refractivity contribution in [2.24, 2.45) is 0 Å². The monoisotopic (exact) mass is 255 g/mol. The zero-order valence-electron chi connectivity index (χ0n) is 7.96. The molecule has 0 fully saturated rings. The van der Waals surface area contributed by atoms with Gasteiger partial charge in [0.1, 0.15) is 0 Å². The number of nitrogens with one attached hydrogen (secondary N) is 1. The molecule has 3 heteroatoms. The molecule has 0 saturated carbocycles. The Morgan fingerprint density at radius 1 is 1.50 bits per heavy atom. The fourth-order valence-corrected chi connectivity index (χ4v) is 2.39. The van der Waals surface area contributed by atoms with E-state index in [0.717, 1.165) is 24.0 Å². The van der Waals surface area contributed by atoms with Gasteiger partial charge in [-0.25, -0.2) is 0 Å². The molecule has 1 atom stereocenters. The second-order valence-electron chi connectivity index (χ2n) is 3.68. The molecule has 0 spiro atoms. The van der Waals surface area contributed by atoms with Crippen molar-refractivity contribution in [2.45, 2.75) is 18.9 Å². The fraction of sp³-hybridized carbons (Fsp3) is 0.455. The summed E-state index contributed by atoms with van der Waals surface area (Å²) in [5.41, 5.74) is 2.74. The van der Waals surface area contributed by atoms with Crippen LogP contribution in [0.15, 0.2) is 22.7 Å². The van der Waals surface area contributed by atoms with E-state index < -0.39 is 0 Å². The molecule has 0 aliphatic carbocycles. The quantitative estimate of drug-likeness (QED) is 0.848. The normalized spacial score (nSPS) is 20.6. The first kappa shape index (κ1) is 10.1. The van der Waals surface area contributed by atoms with Gasteiger partial charge < -0.3 is 10.4 Å². The minimum absolute atomic E-state index is 0.262. The Hall–Kier alpha value is -0.380. The Labute approximate surface area is 92.5 Å². The van der Waals surface area contributed by atoms with E-state index in [4.69, 9.17) is 5.11 Å². The molecule has 0 bridgehead atoms. The summed E-state index contributed by atoms with van der Waals surface area (Å²) in [6.45, 7) is 2.19. The molecule has 1 aromatic rings. The number of benzene rings is 1. The Morgan fingerprint density at radius 3 is 3.14 bits per heavy atom. The minimum Gasteiger partial charge on any atom is -0.396 e. The van der Waals surface area contributed by atoms with Crippen LogP contribution < -0.4 is 5.32 Å². The van der Waals surface area contributed by atoms with Crippen LogP contribution in [0.5, 0.6) is 0 Å². The smallest absolute Gasteiger partial charge is 0.0437 e. The molecule has 0 aromatic heterocycles. The lowest BCUT2D eigenvalue weighted by Crippen LogP contribution is -2.28. The van der Waals surface area contributed by atoms with Gasteiger partial charge in [-0.3, -0.25) is 0 Å². The lowest BCUT2D eigenvalue weighted by molar-refractivity contribution is 0.271. The van der Waals surface area contributed by atoms with Crippen molar-refractivity contribution >= 4 is 15.9 Å². The molecule has 0 radical (unpaired) electrons. The Bertz CT molecular complexity index is 327. The maximum Gasteiger partial charge on any atom is 0.0437 e. The van der Waals surface area contributed by atoms with Crippen LogP contribution in [0.4, 0.5) is 0 Å². The number of aliphatic hydroxyl groups excluding tert-OH is 1. The maximum atomic E-state index is 8.97. The molecule has 76 valence electrons. The van der Waals surface area contributed by atoms with Crippen LogP contribution in [0, 0.1) is 0 Å². The molecule has 1 aliphatic heterocycles. The van der Waals surface area contributed by atoms with E-state index in [1.165, 1.54) is 11.1 Å². The molecule has 1 heterocycles. The van der Waals surface area contributed by atoms with Crippen LogP contribution in [-0.4, -0.2) is 18.3 Å². The molecule has 0 amide bonds. The molecule has 14 heavy (non-hydrogen) atoms.